The number of nitrogens with one attached hydrogen (secondary N) is 1. The third kappa shape index (κ3) is 2.92. The van der Waals surface area contributed by atoms with Crippen molar-refractivity contribution in [2.45, 2.75) is 63.8 Å². The van der Waals surface area contributed by atoms with Crippen molar-refractivity contribution >= 4 is 17.2 Å². The number of carbonyl (C=O) groups is 1. The van der Waals surface area contributed by atoms with Crippen LogP contribution in [-0.2, 0) is 4.74 Å². The van der Waals surface area contributed by atoms with E-state index in [1.807, 2.05) is 25.8 Å². The van der Waals surface area contributed by atoms with Crippen LogP contribution in [0.15, 0.2) is 0 Å². The number of methoxy groups -OCH3 is 1. The maximum atomic E-state index is 12.9. The molecule has 3 heterocycles. The zero-order valence-corrected chi connectivity index (χ0v) is 14.6. The summed E-state index contributed by atoms with van der Waals surface area (Å²) in [6.45, 7) is 3.87. The fourth-order valence-corrected chi connectivity index (χ4v) is 4.64. The van der Waals surface area contributed by atoms with E-state index in [1.54, 1.807) is 7.11 Å². The second-order valence-corrected chi connectivity index (χ2v) is 7.55. The topological polar surface area (TPSA) is 54.5 Å². The van der Waals surface area contributed by atoms with Gasteiger partial charge in [0, 0.05) is 32.3 Å². The number of thiazole rings is 1. The minimum Gasteiger partial charge on any atom is -0.375 e. The summed E-state index contributed by atoms with van der Waals surface area (Å²) in [5.74, 6) is 0.107. The third-order valence-corrected chi connectivity index (χ3v) is 6.33. The molecular weight excluding hydrogens is 298 g/mol. The average Bonchev–Trinajstić information content (AvgIpc) is 3.07. The highest BCUT2D eigenvalue weighted by atomic mass is 32.1. The number of nitrogens with zero attached hydrogens (tertiary/aromatic N) is 2. The highest BCUT2D eigenvalue weighted by Gasteiger charge is 2.37. The van der Waals surface area contributed by atoms with Crippen molar-refractivity contribution < 1.29 is 9.53 Å². The quantitative estimate of drug-likeness (QED) is 0.925. The van der Waals surface area contributed by atoms with Crippen molar-refractivity contribution in [2.75, 3.05) is 14.2 Å². The van der Waals surface area contributed by atoms with Crippen LogP contribution in [0.25, 0.3) is 0 Å². The van der Waals surface area contributed by atoms with Crippen molar-refractivity contribution in [3.63, 3.8) is 0 Å². The van der Waals surface area contributed by atoms with Gasteiger partial charge in [-0.1, -0.05) is 0 Å². The molecule has 2 aliphatic rings. The highest BCUT2D eigenvalue weighted by molar-refractivity contribution is 7.13. The smallest absolute Gasteiger partial charge is 0.265 e. The molecule has 1 aromatic rings. The average molecular weight is 323 g/mol. The molecule has 3 atom stereocenters. The number of rotatable bonds is 4. The number of fused-ring (bicyclic) bond motifs is 2. The summed E-state index contributed by atoms with van der Waals surface area (Å²) in [6.07, 6.45) is 4.57. The Bertz CT molecular complexity index is 548. The number of aryl methyl sites for hydroxylation is 1. The van der Waals surface area contributed by atoms with Crippen molar-refractivity contribution in [1.29, 1.82) is 0 Å². The first-order valence-electron chi connectivity index (χ1n) is 8.03. The van der Waals surface area contributed by atoms with Crippen LogP contribution in [0.4, 0.5) is 0 Å². The predicted molar refractivity (Wildman–Crippen MR) is 87.3 cm³/mol. The van der Waals surface area contributed by atoms with Gasteiger partial charge < -0.3 is 15.0 Å². The van der Waals surface area contributed by atoms with E-state index in [2.05, 4.69) is 10.3 Å². The van der Waals surface area contributed by atoms with Crippen LogP contribution in [0.2, 0.25) is 0 Å². The summed E-state index contributed by atoms with van der Waals surface area (Å²) in [6, 6.07) is 1.52. The largest absolute Gasteiger partial charge is 0.375 e. The molecule has 0 spiro atoms. The zero-order chi connectivity index (χ0) is 15.9. The molecule has 1 amide bonds. The molecule has 1 N–H and O–H groups in total. The molecule has 0 radical (unpaired) electrons. The summed E-state index contributed by atoms with van der Waals surface area (Å²) >= 11 is 1.47. The zero-order valence-electron chi connectivity index (χ0n) is 13.8. The molecule has 0 saturated carbocycles. The van der Waals surface area contributed by atoms with E-state index in [0.717, 1.165) is 28.4 Å². The lowest BCUT2D eigenvalue weighted by atomic mass is 9.98. The molecule has 2 aliphatic heterocycles. The van der Waals surface area contributed by atoms with Crippen molar-refractivity contribution in [2.24, 2.45) is 0 Å². The summed E-state index contributed by atoms with van der Waals surface area (Å²) in [7, 11) is 3.61. The van der Waals surface area contributed by atoms with E-state index in [9.17, 15) is 4.79 Å². The molecule has 0 aromatic carbocycles. The third-order valence-electron chi connectivity index (χ3n) is 5.02. The summed E-state index contributed by atoms with van der Waals surface area (Å²) in [5.41, 5.74) is 0.817. The van der Waals surface area contributed by atoms with E-state index < -0.39 is 0 Å². The Morgan fingerprint density at radius 3 is 2.64 bits per heavy atom. The standard InChI is InChI=1S/C16H25N3O2S/c1-9-14(22-15(17-9)10(2)21-4)16(20)19(3)13-7-11-5-6-12(8-13)18-11/h10-13,18H,5-8H2,1-4H3. The molecule has 3 unspecified atom stereocenters. The van der Waals surface area contributed by atoms with Crippen LogP contribution >= 0.6 is 11.3 Å². The maximum Gasteiger partial charge on any atom is 0.265 e. The van der Waals surface area contributed by atoms with Gasteiger partial charge in [-0.05, 0) is 39.5 Å². The molecule has 3 rings (SSSR count). The van der Waals surface area contributed by atoms with E-state index in [0.29, 0.717) is 18.1 Å². The van der Waals surface area contributed by atoms with Gasteiger partial charge in [-0.25, -0.2) is 4.98 Å². The number of hydrogen-bond donors (Lipinski definition) is 1. The molecule has 122 valence electrons. The second kappa shape index (κ2) is 6.26. The summed E-state index contributed by atoms with van der Waals surface area (Å²) in [5, 5.41) is 4.50. The number of carbonyl (C=O) groups excluding carboxylic acids is 1. The minimum atomic E-state index is -0.0646. The van der Waals surface area contributed by atoms with Gasteiger partial charge in [-0.2, -0.15) is 0 Å². The number of hydrogen-bond acceptors (Lipinski definition) is 5. The van der Waals surface area contributed by atoms with Gasteiger partial charge in [0.1, 0.15) is 16.0 Å². The Kier molecular flexibility index (Phi) is 4.52. The lowest BCUT2D eigenvalue weighted by Gasteiger charge is -2.35. The predicted octanol–water partition coefficient (Wildman–Crippen LogP) is 2.51. The van der Waals surface area contributed by atoms with Gasteiger partial charge in [0.05, 0.1) is 5.69 Å². The Balaban J connectivity index is 1.74. The van der Waals surface area contributed by atoms with Crippen LogP contribution in [-0.4, -0.2) is 48.1 Å². The van der Waals surface area contributed by atoms with E-state index in [4.69, 9.17) is 4.74 Å². The first-order chi connectivity index (χ1) is 10.5. The summed E-state index contributed by atoms with van der Waals surface area (Å²) in [4.78, 5) is 20.1. The van der Waals surface area contributed by atoms with Gasteiger partial charge in [-0.15, -0.1) is 11.3 Å². The van der Waals surface area contributed by atoms with Gasteiger partial charge >= 0.3 is 0 Å². The van der Waals surface area contributed by atoms with E-state index >= 15 is 0 Å². The van der Waals surface area contributed by atoms with Crippen LogP contribution in [0.1, 0.15) is 59.1 Å². The molecule has 1 aromatic heterocycles. The summed E-state index contributed by atoms with van der Waals surface area (Å²) < 4.78 is 5.31. The monoisotopic (exact) mass is 323 g/mol. The molecular formula is C16H25N3O2S. The number of ether oxygens (including phenoxy) is 1. The lowest BCUT2D eigenvalue weighted by Crippen LogP contribution is -2.48. The van der Waals surface area contributed by atoms with Gasteiger partial charge in [0.2, 0.25) is 0 Å². The van der Waals surface area contributed by atoms with Crippen LogP contribution < -0.4 is 5.32 Å². The highest BCUT2D eigenvalue weighted by Crippen LogP contribution is 2.31. The normalized spacial score (nSPS) is 28.6. The fraction of sp³-hybridized carbons (Fsp3) is 0.750. The number of amides is 1. The van der Waals surface area contributed by atoms with Crippen LogP contribution in [0.3, 0.4) is 0 Å². The van der Waals surface area contributed by atoms with Gasteiger partial charge in [-0.3, -0.25) is 4.79 Å². The molecule has 2 saturated heterocycles. The SMILES string of the molecule is COC(C)c1nc(C)c(C(=O)N(C)C2CC3CCC(C2)N3)s1. The van der Waals surface area contributed by atoms with Gasteiger partial charge in [0.15, 0.2) is 0 Å². The number of aromatic nitrogens is 1. The minimum absolute atomic E-state index is 0.0646. The first kappa shape index (κ1) is 15.9. The Hall–Kier alpha value is -0.980. The van der Waals surface area contributed by atoms with E-state index in [1.165, 1.54) is 24.2 Å². The van der Waals surface area contributed by atoms with Crippen molar-refractivity contribution in [1.82, 2.24) is 15.2 Å². The molecule has 6 heteroatoms. The molecule has 22 heavy (non-hydrogen) atoms. The van der Waals surface area contributed by atoms with Crippen LogP contribution in [0, 0.1) is 6.92 Å². The number of piperidine rings is 1. The van der Waals surface area contributed by atoms with Gasteiger partial charge in [0.25, 0.3) is 5.91 Å². The molecule has 2 bridgehead atoms. The van der Waals surface area contributed by atoms with E-state index in [-0.39, 0.29) is 12.0 Å². The fourth-order valence-electron chi connectivity index (χ4n) is 3.56. The Labute approximate surface area is 136 Å². The Morgan fingerprint density at radius 1 is 1.41 bits per heavy atom. The lowest BCUT2D eigenvalue weighted by molar-refractivity contribution is 0.0685. The molecule has 2 fully saturated rings. The second-order valence-electron chi connectivity index (χ2n) is 6.52. The molecule has 0 aliphatic carbocycles. The van der Waals surface area contributed by atoms with Crippen molar-refractivity contribution in [3.05, 3.63) is 15.6 Å². The Morgan fingerprint density at radius 2 is 2.05 bits per heavy atom. The maximum absolute atomic E-state index is 12.9. The van der Waals surface area contributed by atoms with Crippen molar-refractivity contribution in [3.8, 4) is 0 Å². The van der Waals surface area contributed by atoms with Crippen LogP contribution in [0.5, 0.6) is 0 Å². The molecule has 5 nitrogen and oxygen atoms in total. The first-order valence-corrected chi connectivity index (χ1v) is 8.84.